The number of pyridine rings is 1. The monoisotopic (exact) mass is 405 g/mol. The number of aromatic amines is 1. The fourth-order valence-electron chi connectivity index (χ4n) is 3.47. The molecular weight excluding hydrogens is 378 g/mol. The number of benzene rings is 2. The van der Waals surface area contributed by atoms with Crippen LogP contribution in [0.2, 0.25) is 0 Å². The van der Waals surface area contributed by atoms with Gasteiger partial charge in [0, 0.05) is 22.8 Å². The number of aromatic nitrogens is 1. The SMILES string of the molecule is CC(C)c1cccc(C(C)C)c1NC(=O)CNC(=O)c1c[nH]c2ccccc2c1=O. The van der Waals surface area contributed by atoms with E-state index < -0.39 is 5.91 Å². The average molecular weight is 405 g/mol. The Morgan fingerprint density at radius 1 is 0.933 bits per heavy atom. The van der Waals surface area contributed by atoms with Crippen LogP contribution in [0.5, 0.6) is 0 Å². The lowest BCUT2D eigenvalue weighted by molar-refractivity contribution is -0.115. The van der Waals surface area contributed by atoms with Crippen molar-refractivity contribution in [2.45, 2.75) is 39.5 Å². The number of amides is 2. The van der Waals surface area contributed by atoms with Gasteiger partial charge in [0.1, 0.15) is 5.56 Å². The van der Waals surface area contributed by atoms with Crippen LogP contribution in [-0.4, -0.2) is 23.3 Å². The first-order valence-corrected chi connectivity index (χ1v) is 10.1. The molecule has 0 radical (unpaired) electrons. The van der Waals surface area contributed by atoms with E-state index in [9.17, 15) is 14.4 Å². The van der Waals surface area contributed by atoms with Crippen molar-refractivity contribution in [3.63, 3.8) is 0 Å². The van der Waals surface area contributed by atoms with Gasteiger partial charge in [0.05, 0.1) is 6.54 Å². The number of H-pyrrole nitrogens is 1. The number of carbonyl (C=O) groups is 2. The van der Waals surface area contributed by atoms with E-state index in [4.69, 9.17) is 0 Å². The highest BCUT2D eigenvalue weighted by atomic mass is 16.2. The van der Waals surface area contributed by atoms with E-state index in [2.05, 4.69) is 43.3 Å². The Morgan fingerprint density at radius 2 is 1.57 bits per heavy atom. The lowest BCUT2D eigenvalue weighted by Crippen LogP contribution is -2.35. The van der Waals surface area contributed by atoms with Gasteiger partial charge in [-0.2, -0.15) is 0 Å². The number of nitrogens with one attached hydrogen (secondary N) is 3. The molecule has 156 valence electrons. The molecule has 1 aromatic heterocycles. The number of anilines is 1. The highest BCUT2D eigenvalue weighted by molar-refractivity contribution is 6.01. The summed E-state index contributed by atoms with van der Waals surface area (Å²) in [6, 6.07) is 13.0. The van der Waals surface area contributed by atoms with Crippen molar-refractivity contribution in [1.29, 1.82) is 0 Å². The lowest BCUT2D eigenvalue weighted by atomic mass is 9.92. The van der Waals surface area contributed by atoms with Gasteiger partial charge in [0.25, 0.3) is 5.91 Å². The Hall–Kier alpha value is -3.41. The van der Waals surface area contributed by atoms with Crippen molar-refractivity contribution < 1.29 is 9.59 Å². The normalized spacial score (nSPS) is 11.1. The Bertz CT molecular complexity index is 1120. The third-order valence-corrected chi connectivity index (χ3v) is 5.08. The molecule has 0 spiro atoms. The molecule has 6 heteroatoms. The Kier molecular flexibility index (Phi) is 6.35. The first-order chi connectivity index (χ1) is 14.3. The molecule has 6 nitrogen and oxygen atoms in total. The van der Waals surface area contributed by atoms with Crippen LogP contribution < -0.4 is 16.1 Å². The Morgan fingerprint density at radius 3 is 2.20 bits per heavy atom. The molecule has 0 aliphatic carbocycles. The van der Waals surface area contributed by atoms with E-state index in [1.807, 2.05) is 24.3 Å². The third-order valence-electron chi connectivity index (χ3n) is 5.08. The van der Waals surface area contributed by atoms with Gasteiger partial charge in [-0.15, -0.1) is 0 Å². The Labute approximate surface area is 175 Å². The number of rotatable bonds is 6. The van der Waals surface area contributed by atoms with Crippen LogP contribution in [0, 0.1) is 0 Å². The summed E-state index contributed by atoms with van der Waals surface area (Å²) in [7, 11) is 0. The summed E-state index contributed by atoms with van der Waals surface area (Å²) >= 11 is 0. The number of hydrogen-bond donors (Lipinski definition) is 3. The van der Waals surface area contributed by atoms with Crippen LogP contribution in [0.25, 0.3) is 10.9 Å². The predicted octanol–water partition coefficient (Wildman–Crippen LogP) is 4.14. The van der Waals surface area contributed by atoms with Gasteiger partial charge < -0.3 is 15.6 Å². The van der Waals surface area contributed by atoms with Crippen LogP contribution in [0.4, 0.5) is 5.69 Å². The van der Waals surface area contributed by atoms with Crippen LogP contribution in [0.15, 0.2) is 53.5 Å². The topological polar surface area (TPSA) is 91.1 Å². The Balaban J connectivity index is 1.75. The molecular formula is C24H27N3O3. The summed E-state index contributed by atoms with van der Waals surface area (Å²) in [6.07, 6.45) is 1.38. The van der Waals surface area contributed by atoms with Crippen LogP contribution in [0.3, 0.4) is 0 Å². The minimum Gasteiger partial charge on any atom is -0.360 e. The van der Waals surface area contributed by atoms with Crippen molar-refractivity contribution in [3.05, 3.63) is 75.6 Å². The molecule has 0 fully saturated rings. The second kappa shape index (κ2) is 8.95. The maximum absolute atomic E-state index is 12.6. The third kappa shape index (κ3) is 4.43. The molecule has 3 rings (SSSR count). The van der Waals surface area contributed by atoms with Crippen LogP contribution in [0.1, 0.15) is 61.0 Å². The molecule has 0 atom stereocenters. The average Bonchev–Trinajstić information content (AvgIpc) is 2.72. The van der Waals surface area contributed by atoms with E-state index in [1.165, 1.54) is 6.20 Å². The fourth-order valence-corrected chi connectivity index (χ4v) is 3.47. The molecule has 0 saturated carbocycles. The van der Waals surface area contributed by atoms with Gasteiger partial charge in [0.15, 0.2) is 0 Å². The maximum atomic E-state index is 12.6. The van der Waals surface area contributed by atoms with Crippen LogP contribution in [-0.2, 0) is 4.79 Å². The van der Waals surface area contributed by atoms with Crippen molar-refractivity contribution in [2.75, 3.05) is 11.9 Å². The summed E-state index contributed by atoms with van der Waals surface area (Å²) in [4.78, 5) is 40.6. The predicted molar refractivity (Wildman–Crippen MR) is 120 cm³/mol. The van der Waals surface area contributed by atoms with E-state index in [0.717, 1.165) is 16.8 Å². The molecule has 2 aromatic carbocycles. The molecule has 0 aliphatic heterocycles. The first kappa shape index (κ1) is 21.3. The van der Waals surface area contributed by atoms with Crippen LogP contribution >= 0.6 is 0 Å². The van der Waals surface area contributed by atoms with Gasteiger partial charge in [-0.05, 0) is 35.1 Å². The molecule has 0 unspecified atom stereocenters. The molecule has 30 heavy (non-hydrogen) atoms. The number of carbonyl (C=O) groups excluding carboxylic acids is 2. The maximum Gasteiger partial charge on any atom is 0.257 e. The summed E-state index contributed by atoms with van der Waals surface area (Å²) in [6.45, 7) is 8.06. The van der Waals surface area contributed by atoms with Gasteiger partial charge >= 0.3 is 0 Å². The summed E-state index contributed by atoms with van der Waals surface area (Å²) in [5.41, 5.74) is 3.16. The molecule has 0 bridgehead atoms. The minimum absolute atomic E-state index is 0.0213. The molecule has 2 amide bonds. The van der Waals surface area contributed by atoms with Crippen molar-refractivity contribution in [1.82, 2.24) is 10.3 Å². The fraction of sp³-hybridized carbons (Fsp3) is 0.292. The number of para-hydroxylation sites is 2. The molecule has 3 aromatic rings. The zero-order chi connectivity index (χ0) is 21.8. The summed E-state index contributed by atoms with van der Waals surface area (Å²) in [5.74, 6) is -0.441. The summed E-state index contributed by atoms with van der Waals surface area (Å²) in [5, 5.41) is 5.94. The van der Waals surface area contributed by atoms with E-state index in [0.29, 0.717) is 10.9 Å². The number of hydrogen-bond acceptors (Lipinski definition) is 3. The smallest absolute Gasteiger partial charge is 0.257 e. The molecule has 3 N–H and O–H groups in total. The second-order valence-corrected chi connectivity index (χ2v) is 7.93. The first-order valence-electron chi connectivity index (χ1n) is 10.1. The van der Waals surface area contributed by atoms with Gasteiger partial charge in [-0.3, -0.25) is 14.4 Å². The molecule has 1 heterocycles. The minimum atomic E-state index is -0.585. The molecule has 0 aliphatic rings. The molecule has 0 saturated heterocycles. The number of fused-ring (bicyclic) bond motifs is 1. The highest BCUT2D eigenvalue weighted by Gasteiger charge is 2.17. The second-order valence-electron chi connectivity index (χ2n) is 7.93. The zero-order valence-corrected chi connectivity index (χ0v) is 17.7. The quantitative estimate of drug-likeness (QED) is 0.575. The van der Waals surface area contributed by atoms with E-state index >= 15 is 0 Å². The van der Waals surface area contributed by atoms with Gasteiger partial charge in [-0.1, -0.05) is 58.0 Å². The highest BCUT2D eigenvalue weighted by Crippen LogP contribution is 2.32. The van der Waals surface area contributed by atoms with Crippen molar-refractivity contribution >= 4 is 28.4 Å². The van der Waals surface area contributed by atoms with E-state index in [-0.39, 0.29) is 35.3 Å². The largest absolute Gasteiger partial charge is 0.360 e. The van der Waals surface area contributed by atoms with Gasteiger partial charge in [-0.25, -0.2) is 0 Å². The summed E-state index contributed by atoms with van der Waals surface area (Å²) < 4.78 is 0. The standard InChI is InChI=1S/C24H27N3O3/c1-14(2)16-9-7-10-17(15(3)4)22(16)27-21(28)13-26-24(30)19-12-25-20-11-6-5-8-18(20)23(19)29/h5-12,14-15H,13H2,1-4H3,(H,25,29)(H,26,30)(H,27,28). The van der Waals surface area contributed by atoms with Crippen molar-refractivity contribution in [2.24, 2.45) is 0 Å². The van der Waals surface area contributed by atoms with E-state index in [1.54, 1.807) is 18.2 Å². The van der Waals surface area contributed by atoms with Crippen molar-refractivity contribution in [3.8, 4) is 0 Å². The van der Waals surface area contributed by atoms with Gasteiger partial charge in [0.2, 0.25) is 11.3 Å². The zero-order valence-electron chi connectivity index (χ0n) is 17.7. The lowest BCUT2D eigenvalue weighted by Gasteiger charge is -2.20.